The number of fused-ring (bicyclic) bond motifs is 1. The highest BCUT2D eigenvalue weighted by atomic mass is 32.1. The van der Waals surface area contributed by atoms with Gasteiger partial charge in [-0.05, 0) is 54.5 Å². The highest BCUT2D eigenvalue weighted by molar-refractivity contribution is 7.14. The zero-order chi connectivity index (χ0) is 16.4. The van der Waals surface area contributed by atoms with Crippen LogP contribution in [0.5, 0.6) is 5.75 Å². The van der Waals surface area contributed by atoms with Crippen LogP contribution in [0.1, 0.15) is 39.0 Å². The monoisotopic (exact) mass is 334 g/mol. The van der Waals surface area contributed by atoms with Gasteiger partial charge in [0.15, 0.2) is 11.6 Å². The first kappa shape index (κ1) is 16.0. The predicted molar refractivity (Wildman–Crippen MR) is 87.6 cm³/mol. The first-order valence-corrected chi connectivity index (χ1v) is 8.49. The topological polar surface area (TPSA) is 35.5 Å². The second kappa shape index (κ2) is 6.71. The molecule has 0 aliphatic heterocycles. The Kier molecular flexibility index (Phi) is 4.66. The molecule has 1 aliphatic carbocycles. The summed E-state index contributed by atoms with van der Waals surface area (Å²) < 4.78 is 23.8. The number of methoxy groups -OCH3 is 1. The van der Waals surface area contributed by atoms with E-state index in [1.807, 2.05) is 6.07 Å². The first-order valence-electron chi connectivity index (χ1n) is 7.68. The van der Waals surface area contributed by atoms with Crippen LogP contribution in [0.3, 0.4) is 0 Å². The van der Waals surface area contributed by atoms with Gasteiger partial charge in [0.25, 0.3) is 0 Å². The SMILES string of the molecule is COc1ccc(COC(=O)c2cc3c(s2)CC[C@@H](C)C3)cc1F. The second-order valence-electron chi connectivity index (χ2n) is 5.95. The lowest BCUT2D eigenvalue weighted by Crippen LogP contribution is -2.08. The molecule has 1 atom stereocenters. The van der Waals surface area contributed by atoms with Gasteiger partial charge in [0.05, 0.1) is 7.11 Å². The molecule has 0 saturated carbocycles. The minimum Gasteiger partial charge on any atom is -0.494 e. The number of carbonyl (C=O) groups is 1. The van der Waals surface area contributed by atoms with Crippen LogP contribution >= 0.6 is 11.3 Å². The van der Waals surface area contributed by atoms with E-state index in [1.165, 1.54) is 47.4 Å². The molecular formula is C18H19FO3S. The van der Waals surface area contributed by atoms with Gasteiger partial charge < -0.3 is 9.47 Å². The Bertz CT molecular complexity index is 723. The van der Waals surface area contributed by atoms with E-state index >= 15 is 0 Å². The van der Waals surface area contributed by atoms with E-state index in [0.717, 1.165) is 12.8 Å². The molecule has 0 saturated heterocycles. The average Bonchev–Trinajstić information content (AvgIpc) is 2.95. The molecule has 0 N–H and O–H groups in total. The molecule has 1 aromatic heterocycles. The average molecular weight is 334 g/mol. The quantitative estimate of drug-likeness (QED) is 0.779. The molecule has 5 heteroatoms. The Balaban J connectivity index is 1.64. The van der Waals surface area contributed by atoms with Gasteiger partial charge in [0.1, 0.15) is 11.5 Å². The first-order chi connectivity index (χ1) is 11.1. The van der Waals surface area contributed by atoms with Gasteiger partial charge in [-0.25, -0.2) is 9.18 Å². The van der Waals surface area contributed by atoms with Gasteiger partial charge in [-0.1, -0.05) is 13.0 Å². The van der Waals surface area contributed by atoms with Crippen molar-refractivity contribution in [2.45, 2.75) is 32.8 Å². The third kappa shape index (κ3) is 3.55. The lowest BCUT2D eigenvalue weighted by Gasteiger charge is -2.16. The largest absolute Gasteiger partial charge is 0.494 e. The number of hydrogen-bond acceptors (Lipinski definition) is 4. The van der Waals surface area contributed by atoms with Crippen molar-refractivity contribution in [3.63, 3.8) is 0 Å². The molecular weight excluding hydrogens is 315 g/mol. The number of hydrogen-bond donors (Lipinski definition) is 0. The van der Waals surface area contributed by atoms with E-state index in [0.29, 0.717) is 16.4 Å². The summed E-state index contributed by atoms with van der Waals surface area (Å²) in [5.41, 5.74) is 1.88. The molecule has 0 amide bonds. The highest BCUT2D eigenvalue weighted by Gasteiger charge is 2.21. The second-order valence-corrected chi connectivity index (χ2v) is 7.09. The molecule has 0 bridgehead atoms. The molecule has 0 spiro atoms. The summed E-state index contributed by atoms with van der Waals surface area (Å²) in [4.78, 5) is 14.1. The molecule has 1 heterocycles. The van der Waals surface area contributed by atoms with Crippen LogP contribution in [0.4, 0.5) is 4.39 Å². The molecule has 23 heavy (non-hydrogen) atoms. The van der Waals surface area contributed by atoms with Crippen LogP contribution in [0.2, 0.25) is 0 Å². The van der Waals surface area contributed by atoms with Crippen molar-refractivity contribution in [2.75, 3.05) is 7.11 Å². The lowest BCUT2D eigenvalue weighted by atomic mass is 9.90. The van der Waals surface area contributed by atoms with Crippen LogP contribution < -0.4 is 4.74 Å². The van der Waals surface area contributed by atoms with Crippen molar-refractivity contribution in [1.82, 2.24) is 0 Å². The fourth-order valence-electron chi connectivity index (χ4n) is 2.83. The number of rotatable bonds is 4. The summed E-state index contributed by atoms with van der Waals surface area (Å²) in [5.74, 6) is 0.0540. The molecule has 122 valence electrons. The summed E-state index contributed by atoms with van der Waals surface area (Å²) in [6, 6.07) is 6.50. The van der Waals surface area contributed by atoms with Crippen molar-refractivity contribution < 1.29 is 18.7 Å². The predicted octanol–water partition coefficient (Wildman–Crippen LogP) is 4.38. The Morgan fingerprint density at radius 2 is 2.22 bits per heavy atom. The maximum Gasteiger partial charge on any atom is 0.348 e. The minimum atomic E-state index is -0.457. The Morgan fingerprint density at radius 3 is 2.96 bits per heavy atom. The normalized spacial score (nSPS) is 16.7. The van der Waals surface area contributed by atoms with Crippen LogP contribution in [0, 0.1) is 11.7 Å². The number of carbonyl (C=O) groups excluding carboxylic acids is 1. The fourth-order valence-corrected chi connectivity index (χ4v) is 3.93. The van der Waals surface area contributed by atoms with E-state index in [9.17, 15) is 9.18 Å². The number of benzene rings is 1. The number of aryl methyl sites for hydroxylation is 1. The molecule has 0 radical (unpaired) electrons. The smallest absolute Gasteiger partial charge is 0.348 e. The van der Waals surface area contributed by atoms with Crippen molar-refractivity contribution in [2.24, 2.45) is 5.92 Å². The third-order valence-corrected chi connectivity index (χ3v) is 5.33. The van der Waals surface area contributed by atoms with Crippen molar-refractivity contribution in [1.29, 1.82) is 0 Å². The third-order valence-electron chi connectivity index (χ3n) is 4.12. The molecule has 3 rings (SSSR count). The zero-order valence-electron chi connectivity index (χ0n) is 13.2. The van der Waals surface area contributed by atoms with Crippen molar-refractivity contribution >= 4 is 17.3 Å². The van der Waals surface area contributed by atoms with Crippen molar-refractivity contribution in [3.05, 3.63) is 51.0 Å². The minimum absolute atomic E-state index is 0.0543. The van der Waals surface area contributed by atoms with Gasteiger partial charge in [-0.3, -0.25) is 0 Å². The molecule has 2 aromatic rings. The number of halogens is 1. The number of thiophene rings is 1. The highest BCUT2D eigenvalue weighted by Crippen LogP contribution is 2.32. The lowest BCUT2D eigenvalue weighted by molar-refractivity contribution is 0.0478. The van der Waals surface area contributed by atoms with Crippen LogP contribution in [-0.4, -0.2) is 13.1 Å². The summed E-state index contributed by atoms with van der Waals surface area (Å²) in [7, 11) is 1.41. The number of esters is 1. The Labute approximate surface area is 139 Å². The van der Waals surface area contributed by atoms with Crippen LogP contribution in [-0.2, 0) is 24.2 Å². The van der Waals surface area contributed by atoms with Gasteiger partial charge in [0, 0.05) is 4.88 Å². The van der Waals surface area contributed by atoms with E-state index in [1.54, 1.807) is 6.07 Å². The standard InChI is InChI=1S/C18H19FO3S/c1-11-3-6-16-13(7-11)9-17(23-16)18(20)22-10-12-4-5-15(21-2)14(19)8-12/h4-5,8-9,11H,3,6-7,10H2,1-2H3/t11-/m1/s1. The Morgan fingerprint density at radius 1 is 1.39 bits per heavy atom. The Hall–Kier alpha value is -1.88. The van der Waals surface area contributed by atoms with E-state index in [-0.39, 0.29) is 18.3 Å². The maximum absolute atomic E-state index is 13.6. The summed E-state index contributed by atoms with van der Waals surface area (Å²) >= 11 is 1.52. The van der Waals surface area contributed by atoms with Gasteiger partial charge in [-0.2, -0.15) is 0 Å². The van der Waals surface area contributed by atoms with E-state index in [4.69, 9.17) is 9.47 Å². The summed E-state index contributed by atoms with van der Waals surface area (Å²) in [6.45, 7) is 2.29. The van der Waals surface area contributed by atoms with E-state index in [2.05, 4.69) is 6.92 Å². The van der Waals surface area contributed by atoms with Gasteiger partial charge in [0.2, 0.25) is 0 Å². The summed E-state index contributed by atoms with van der Waals surface area (Å²) in [6.07, 6.45) is 3.24. The molecule has 0 unspecified atom stereocenters. The molecule has 1 aliphatic rings. The molecule has 0 fully saturated rings. The molecule has 3 nitrogen and oxygen atoms in total. The van der Waals surface area contributed by atoms with Crippen LogP contribution in [0.25, 0.3) is 0 Å². The maximum atomic E-state index is 13.6. The van der Waals surface area contributed by atoms with Gasteiger partial charge in [-0.15, -0.1) is 11.3 Å². The fraction of sp³-hybridized carbons (Fsp3) is 0.389. The van der Waals surface area contributed by atoms with Crippen molar-refractivity contribution in [3.8, 4) is 5.75 Å². The number of ether oxygens (including phenoxy) is 2. The summed E-state index contributed by atoms with van der Waals surface area (Å²) in [5, 5.41) is 0. The molecule has 1 aromatic carbocycles. The zero-order valence-corrected chi connectivity index (χ0v) is 14.0. The van der Waals surface area contributed by atoms with Gasteiger partial charge >= 0.3 is 5.97 Å². The van der Waals surface area contributed by atoms with Crippen LogP contribution in [0.15, 0.2) is 24.3 Å². The van der Waals surface area contributed by atoms with E-state index < -0.39 is 5.82 Å².